The van der Waals surface area contributed by atoms with Gasteiger partial charge in [0.2, 0.25) is 5.95 Å². The summed E-state index contributed by atoms with van der Waals surface area (Å²) in [5.74, 6) is -5.22. The first kappa shape index (κ1) is 21.5. The van der Waals surface area contributed by atoms with Crippen molar-refractivity contribution in [1.82, 2.24) is 19.5 Å². The summed E-state index contributed by atoms with van der Waals surface area (Å²) < 4.78 is 56.1. The van der Waals surface area contributed by atoms with Gasteiger partial charge in [0, 0.05) is 12.1 Å². The SMILES string of the molecule is N#Cc1c(N)nc(N)nc1NCc1nc2cc(F)c(F)cc2c(=O)n1-c1cc(F)cc(F)c1. The number of halogens is 4. The molecule has 4 aromatic rings. The smallest absolute Gasteiger partial charge is 0.266 e. The fourth-order valence-electron chi connectivity index (χ4n) is 3.18. The quantitative estimate of drug-likeness (QED) is 0.397. The predicted octanol–water partition coefficient (Wildman–Crippen LogP) is 2.38. The molecule has 0 fully saturated rings. The summed E-state index contributed by atoms with van der Waals surface area (Å²) in [5, 5.41) is 11.7. The van der Waals surface area contributed by atoms with Crippen LogP contribution in [0.25, 0.3) is 16.6 Å². The third kappa shape index (κ3) is 3.97. The Kier molecular flexibility index (Phi) is 5.26. The van der Waals surface area contributed by atoms with E-state index in [0.717, 1.165) is 16.7 Å². The van der Waals surface area contributed by atoms with E-state index in [0.29, 0.717) is 18.2 Å². The van der Waals surface area contributed by atoms with Gasteiger partial charge >= 0.3 is 0 Å². The summed E-state index contributed by atoms with van der Waals surface area (Å²) in [4.78, 5) is 24.8. The molecule has 2 aromatic carbocycles. The molecule has 13 heteroatoms. The third-order valence-electron chi connectivity index (χ3n) is 4.57. The Bertz CT molecular complexity index is 1510. The van der Waals surface area contributed by atoms with Crippen LogP contribution in [-0.4, -0.2) is 19.5 Å². The van der Waals surface area contributed by atoms with E-state index in [1.54, 1.807) is 6.07 Å². The maximum absolute atomic E-state index is 13.9. The van der Waals surface area contributed by atoms with Gasteiger partial charge in [0.15, 0.2) is 17.5 Å². The molecule has 0 aliphatic heterocycles. The summed E-state index contributed by atoms with van der Waals surface area (Å²) in [6, 6.07) is 5.48. The number of nitrogens with one attached hydrogen (secondary N) is 1. The van der Waals surface area contributed by atoms with E-state index in [9.17, 15) is 27.6 Å². The molecule has 0 bridgehead atoms. The van der Waals surface area contributed by atoms with Crippen molar-refractivity contribution in [3.8, 4) is 11.8 Å². The lowest BCUT2D eigenvalue weighted by molar-refractivity contribution is 0.510. The van der Waals surface area contributed by atoms with Gasteiger partial charge in [0.05, 0.1) is 23.1 Å². The first-order valence-corrected chi connectivity index (χ1v) is 9.12. The fourth-order valence-corrected chi connectivity index (χ4v) is 3.18. The molecule has 0 aliphatic carbocycles. The number of nitriles is 1. The summed E-state index contributed by atoms with van der Waals surface area (Å²) >= 11 is 0. The number of benzene rings is 2. The van der Waals surface area contributed by atoms with Crippen molar-refractivity contribution in [2.45, 2.75) is 6.54 Å². The molecule has 0 saturated heterocycles. The zero-order valence-electron chi connectivity index (χ0n) is 16.4. The van der Waals surface area contributed by atoms with Gasteiger partial charge in [-0.25, -0.2) is 22.5 Å². The topological polar surface area (TPSA) is 149 Å². The molecule has 0 spiro atoms. The Morgan fingerprint density at radius 3 is 2.30 bits per heavy atom. The summed E-state index contributed by atoms with van der Waals surface area (Å²) in [6.07, 6.45) is 0. The number of anilines is 3. The largest absolute Gasteiger partial charge is 0.382 e. The van der Waals surface area contributed by atoms with Gasteiger partial charge < -0.3 is 16.8 Å². The van der Waals surface area contributed by atoms with Gasteiger partial charge in [0.1, 0.15) is 34.9 Å². The molecular weight excluding hydrogens is 444 g/mol. The Morgan fingerprint density at radius 2 is 1.64 bits per heavy atom. The van der Waals surface area contributed by atoms with Gasteiger partial charge in [-0.3, -0.25) is 9.36 Å². The molecule has 2 heterocycles. The van der Waals surface area contributed by atoms with Crippen LogP contribution in [0.2, 0.25) is 0 Å². The van der Waals surface area contributed by atoms with Crippen molar-refractivity contribution in [3.05, 3.63) is 75.3 Å². The molecular formula is C20H12F4N8O. The molecule has 0 unspecified atom stereocenters. The number of aromatic nitrogens is 4. The Hall–Kier alpha value is -4.73. The van der Waals surface area contributed by atoms with E-state index in [-0.39, 0.29) is 52.1 Å². The number of fused-ring (bicyclic) bond motifs is 1. The normalized spacial score (nSPS) is 10.9. The molecule has 0 atom stereocenters. The van der Waals surface area contributed by atoms with Gasteiger partial charge in [-0.2, -0.15) is 15.2 Å². The maximum Gasteiger partial charge on any atom is 0.266 e. The highest BCUT2D eigenvalue weighted by molar-refractivity contribution is 5.78. The van der Waals surface area contributed by atoms with Crippen LogP contribution in [0.5, 0.6) is 0 Å². The molecule has 4 rings (SSSR count). The molecule has 9 nitrogen and oxygen atoms in total. The summed E-state index contributed by atoms with van der Waals surface area (Å²) in [7, 11) is 0. The van der Waals surface area contributed by atoms with Crippen LogP contribution < -0.4 is 22.3 Å². The number of hydrogen-bond acceptors (Lipinski definition) is 8. The molecule has 0 aliphatic rings. The monoisotopic (exact) mass is 456 g/mol. The minimum absolute atomic E-state index is 0.0981. The molecule has 2 aromatic heterocycles. The number of nitrogen functional groups attached to an aromatic ring is 2. The highest BCUT2D eigenvalue weighted by Crippen LogP contribution is 2.21. The first-order chi connectivity index (χ1) is 15.7. The molecule has 0 amide bonds. The van der Waals surface area contributed by atoms with E-state index >= 15 is 0 Å². The Balaban J connectivity index is 1.92. The van der Waals surface area contributed by atoms with E-state index in [1.807, 2.05) is 0 Å². The maximum atomic E-state index is 13.9. The third-order valence-corrected chi connectivity index (χ3v) is 4.57. The van der Waals surface area contributed by atoms with Gasteiger partial charge in [-0.1, -0.05) is 0 Å². The molecule has 166 valence electrons. The molecule has 33 heavy (non-hydrogen) atoms. The van der Waals surface area contributed by atoms with Crippen LogP contribution >= 0.6 is 0 Å². The highest BCUT2D eigenvalue weighted by Gasteiger charge is 2.18. The standard InChI is InChI=1S/C20H12F4N8O/c21-8-1-9(22)3-10(2-8)32-16(7-28-18-12(6-25)17(26)30-20(27)31-18)29-15-5-14(24)13(23)4-11(15)19(32)33/h1-5H,7H2,(H5,26,27,28,30,31). The average molecular weight is 456 g/mol. The van der Waals surface area contributed by atoms with Crippen LogP contribution in [-0.2, 0) is 6.54 Å². The second kappa shape index (κ2) is 8.08. The van der Waals surface area contributed by atoms with Gasteiger partial charge in [-0.05, 0) is 18.2 Å². The number of rotatable bonds is 4. The minimum atomic E-state index is -1.30. The van der Waals surface area contributed by atoms with Crippen molar-refractivity contribution in [2.24, 2.45) is 0 Å². The molecule has 0 saturated carbocycles. The van der Waals surface area contributed by atoms with Gasteiger partial charge in [-0.15, -0.1) is 0 Å². The zero-order chi connectivity index (χ0) is 23.9. The average Bonchev–Trinajstić information content (AvgIpc) is 2.72. The second-order valence-corrected chi connectivity index (χ2v) is 6.74. The number of nitrogens with two attached hydrogens (primary N) is 2. The van der Waals surface area contributed by atoms with Crippen LogP contribution in [0.4, 0.5) is 35.1 Å². The van der Waals surface area contributed by atoms with Crippen molar-refractivity contribution in [1.29, 1.82) is 5.26 Å². The van der Waals surface area contributed by atoms with Crippen molar-refractivity contribution < 1.29 is 17.6 Å². The molecule has 5 N–H and O–H groups in total. The Labute approximate surface area is 181 Å². The fraction of sp³-hybridized carbons (Fsp3) is 0.0500. The van der Waals surface area contributed by atoms with E-state index in [4.69, 9.17) is 11.5 Å². The summed E-state index contributed by atoms with van der Waals surface area (Å²) in [6.45, 7) is -0.354. The van der Waals surface area contributed by atoms with Crippen LogP contribution in [0, 0.1) is 34.6 Å². The highest BCUT2D eigenvalue weighted by atomic mass is 19.2. The van der Waals surface area contributed by atoms with Crippen molar-refractivity contribution >= 4 is 28.5 Å². The van der Waals surface area contributed by atoms with Gasteiger partial charge in [0.25, 0.3) is 5.56 Å². The number of nitrogens with zero attached hydrogens (tertiary/aromatic N) is 5. The minimum Gasteiger partial charge on any atom is -0.382 e. The molecule has 0 radical (unpaired) electrons. The summed E-state index contributed by atoms with van der Waals surface area (Å²) in [5.41, 5.74) is 9.69. The first-order valence-electron chi connectivity index (χ1n) is 9.12. The van der Waals surface area contributed by atoms with Crippen molar-refractivity contribution in [3.63, 3.8) is 0 Å². The van der Waals surface area contributed by atoms with E-state index < -0.39 is 28.8 Å². The lowest BCUT2D eigenvalue weighted by Gasteiger charge is -2.15. The van der Waals surface area contributed by atoms with E-state index in [1.165, 1.54) is 0 Å². The lowest BCUT2D eigenvalue weighted by Crippen LogP contribution is -2.26. The lowest BCUT2D eigenvalue weighted by atomic mass is 10.2. The number of hydrogen-bond donors (Lipinski definition) is 3. The van der Waals surface area contributed by atoms with Crippen LogP contribution in [0.15, 0.2) is 35.1 Å². The van der Waals surface area contributed by atoms with Crippen LogP contribution in [0.1, 0.15) is 11.4 Å². The van der Waals surface area contributed by atoms with E-state index in [2.05, 4.69) is 20.3 Å². The van der Waals surface area contributed by atoms with Crippen molar-refractivity contribution in [2.75, 3.05) is 16.8 Å². The predicted molar refractivity (Wildman–Crippen MR) is 110 cm³/mol. The Morgan fingerprint density at radius 1 is 0.970 bits per heavy atom. The zero-order valence-corrected chi connectivity index (χ0v) is 16.4. The van der Waals surface area contributed by atoms with Crippen LogP contribution in [0.3, 0.4) is 0 Å². The second-order valence-electron chi connectivity index (χ2n) is 6.74.